The summed E-state index contributed by atoms with van der Waals surface area (Å²) in [6.45, 7) is 0. The number of nitrogens with one attached hydrogen (secondary N) is 2. The van der Waals surface area contributed by atoms with Gasteiger partial charge in [-0.2, -0.15) is 0 Å². The molecule has 5 heteroatoms. The Bertz CT molecular complexity index is 356. The van der Waals surface area contributed by atoms with Crippen molar-refractivity contribution in [1.82, 2.24) is 5.65 Å². The fourth-order valence-corrected chi connectivity index (χ4v) is 2.07. The van der Waals surface area contributed by atoms with Crippen LogP contribution in [0.4, 0.5) is 10.2 Å². The average molecular weight is 245 g/mol. The van der Waals surface area contributed by atoms with Crippen LogP contribution in [0.15, 0.2) is 18.2 Å². The molecule has 2 N–H and O–H groups in total. The van der Waals surface area contributed by atoms with E-state index in [1.165, 1.54) is 18.5 Å². The number of benzene rings is 1. The molecule has 0 aromatic heterocycles. The number of hydrogen-bond acceptors (Lipinski definition) is 3. The molecule has 0 amide bonds. The predicted octanol–water partition coefficient (Wildman–Crippen LogP) is 3.46. The first-order chi connectivity index (χ1) is 7.79. The molecule has 0 spiro atoms. The molecular formula is C11H14ClFN2O. The van der Waals surface area contributed by atoms with E-state index < -0.39 is 0 Å². The minimum absolute atomic E-state index is 0.242. The van der Waals surface area contributed by atoms with Gasteiger partial charge in [-0.15, -0.1) is 4.48 Å². The molecule has 0 saturated heterocycles. The third kappa shape index (κ3) is 2.77. The van der Waals surface area contributed by atoms with Crippen LogP contribution in [0.5, 0.6) is 5.75 Å². The lowest BCUT2D eigenvalue weighted by molar-refractivity contribution is 0.210. The zero-order valence-corrected chi connectivity index (χ0v) is 9.56. The SMILES string of the molecule is FNNc1ccc(Cl)c(OC2CCCC2)c1. The summed E-state index contributed by atoms with van der Waals surface area (Å²) < 4.78 is 17.7. The summed E-state index contributed by atoms with van der Waals surface area (Å²) >= 11 is 6.01. The molecule has 1 aromatic rings. The monoisotopic (exact) mass is 244 g/mol. The Hall–Kier alpha value is -1.00. The topological polar surface area (TPSA) is 33.3 Å². The van der Waals surface area contributed by atoms with Gasteiger partial charge in [0, 0.05) is 6.07 Å². The average Bonchev–Trinajstić information content (AvgIpc) is 2.76. The Morgan fingerprint density at radius 2 is 2.06 bits per heavy atom. The van der Waals surface area contributed by atoms with Crippen molar-refractivity contribution < 1.29 is 9.22 Å². The Balaban J connectivity index is 2.08. The highest BCUT2D eigenvalue weighted by Gasteiger charge is 2.17. The van der Waals surface area contributed by atoms with Crippen molar-refractivity contribution >= 4 is 17.3 Å². The summed E-state index contributed by atoms with van der Waals surface area (Å²) in [4.78, 5) is 0. The highest BCUT2D eigenvalue weighted by molar-refractivity contribution is 6.32. The van der Waals surface area contributed by atoms with Crippen molar-refractivity contribution in [2.75, 3.05) is 5.43 Å². The molecule has 0 bridgehead atoms. The Morgan fingerprint density at radius 3 is 2.75 bits per heavy atom. The zero-order valence-electron chi connectivity index (χ0n) is 8.80. The van der Waals surface area contributed by atoms with Crippen LogP contribution in [0.25, 0.3) is 0 Å². The summed E-state index contributed by atoms with van der Waals surface area (Å²) in [6, 6.07) is 5.05. The fraction of sp³-hybridized carbons (Fsp3) is 0.455. The maximum absolute atomic E-state index is 11.9. The van der Waals surface area contributed by atoms with Crippen LogP contribution >= 0.6 is 11.6 Å². The second-order valence-electron chi connectivity index (χ2n) is 3.89. The normalized spacial score (nSPS) is 16.4. The molecular weight excluding hydrogens is 231 g/mol. The van der Waals surface area contributed by atoms with E-state index in [0.29, 0.717) is 16.5 Å². The molecule has 2 rings (SSSR count). The number of halogens is 2. The number of ether oxygens (including phenoxy) is 1. The molecule has 0 radical (unpaired) electrons. The van der Waals surface area contributed by atoms with Crippen LogP contribution in [0.2, 0.25) is 5.02 Å². The van der Waals surface area contributed by atoms with Crippen LogP contribution in [-0.2, 0) is 0 Å². The maximum Gasteiger partial charge on any atom is 0.140 e. The van der Waals surface area contributed by atoms with Crippen LogP contribution in [0.3, 0.4) is 0 Å². The number of rotatable bonds is 4. The first kappa shape index (κ1) is 11.5. The molecule has 1 aliphatic rings. The van der Waals surface area contributed by atoms with E-state index in [1.54, 1.807) is 18.2 Å². The van der Waals surface area contributed by atoms with Gasteiger partial charge in [0.1, 0.15) is 5.75 Å². The minimum Gasteiger partial charge on any atom is -0.489 e. The Morgan fingerprint density at radius 1 is 1.31 bits per heavy atom. The molecule has 0 heterocycles. The molecule has 1 fully saturated rings. The van der Waals surface area contributed by atoms with Crippen molar-refractivity contribution in [3.8, 4) is 5.75 Å². The first-order valence-corrected chi connectivity index (χ1v) is 5.75. The largest absolute Gasteiger partial charge is 0.489 e. The third-order valence-electron chi connectivity index (χ3n) is 2.72. The minimum atomic E-state index is 0.242. The van der Waals surface area contributed by atoms with E-state index in [0.717, 1.165) is 12.8 Å². The molecule has 0 aliphatic heterocycles. The number of anilines is 1. The van der Waals surface area contributed by atoms with Crippen LogP contribution < -0.4 is 15.8 Å². The second-order valence-corrected chi connectivity index (χ2v) is 4.30. The standard InChI is InChI=1S/C11H14ClFN2O/c12-10-6-5-8(14-15-13)7-11(10)16-9-3-1-2-4-9/h5-7,9,14-15H,1-4H2. The van der Waals surface area contributed by atoms with Gasteiger partial charge < -0.3 is 4.74 Å². The lowest BCUT2D eigenvalue weighted by atomic mass is 10.3. The van der Waals surface area contributed by atoms with Gasteiger partial charge in [0.15, 0.2) is 0 Å². The highest BCUT2D eigenvalue weighted by Crippen LogP contribution is 2.31. The summed E-state index contributed by atoms with van der Waals surface area (Å²) in [5.74, 6) is 0.605. The van der Waals surface area contributed by atoms with Gasteiger partial charge in [-0.25, -0.2) is 0 Å². The van der Waals surface area contributed by atoms with Gasteiger partial charge in [0.25, 0.3) is 0 Å². The smallest absolute Gasteiger partial charge is 0.140 e. The Kier molecular flexibility index (Phi) is 3.85. The van der Waals surface area contributed by atoms with Gasteiger partial charge in [-0.3, -0.25) is 5.43 Å². The maximum atomic E-state index is 11.9. The Labute approximate surface area is 98.8 Å². The molecule has 3 nitrogen and oxygen atoms in total. The van der Waals surface area contributed by atoms with Crippen LogP contribution in [0, 0.1) is 0 Å². The van der Waals surface area contributed by atoms with Crippen molar-refractivity contribution in [3.63, 3.8) is 0 Å². The van der Waals surface area contributed by atoms with Gasteiger partial charge in [-0.1, -0.05) is 17.2 Å². The molecule has 1 aromatic carbocycles. The van der Waals surface area contributed by atoms with E-state index >= 15 is 0 Å². The molecule has 16 heavy (non-hydrogen) atoms. The van der Waals surface area contributed by atoms with Crippen LogP contribution in [-0.4, -0.2) is 6.10 Å². The quantitative estimate of drug-likeness (QED) is 0.629. The lowest BCUT2D eigenvalue weighted by Gasteiger charge is -2.15. The first-order valence-electron chi connectivity index (χ1n) is 5.37. The summed E-state index contributed by atoms with van der Waals surface area (Å²) in [5.41, 5.74) is 4.30. The highest BCUT2D eigenvalue weighted by atomic mass is 35.5. The van der Waals surface area contributed by atoms with Gasteiger partial charge in [-0.05, 0) is 37.8 Å². The van der Waals surface area contributed by atoms with E-state index in [9.17, 15) is 4.48 Å². The fourth-order valence-electron chi connectivity index (χ4n) is 1.91. The molecule has 1 aliphatic carbocycles. The summed E-state index contributed by atoms with van der Waals surface area (Å²) in [6.07, 6.45) is 4.77. The molecule has 88 valence electrons. The van der Waals surface area contributed by atoms with Crippen molar-refractivity contribution in [2.45, 2.75) is 31.8 Å². The van der Waals surface area contributed by atoms with E-state index in [-0.39, 0.29) is 6.10 Å². The van der Waals surface area contributed by atoms with Crippen LogP contribution in [0.1, 0.15) is 25.7 Å². The lowest BCUT2D eigenvalue weighted by Crippen LogP contribution is -2.13. The van der Waals surface area contributed by atoms with Gasteiger partial charge in [0.05, 0.1) is 16.8 Å². The van der Waals surface area contributed by atoms with Gasteiger partial charge in [0.2, 0.25) is 0 Å². The van der Waals surface area contributed by atoms with Crippen molar-refractivity contribution in [2.24, 2.45) is 0 Å². The van der Waals surface area contributed by atoms with Crippen molar-refractivity contribution in [3.05, 3.63) is 23.2 Å². The van der Waals surface area contributed by atoms with E-state index in [2.05, 4.69) is 5.43 Å². The molecule has 0 atom stereocenters. The van der Waals surface area contributed by atoms with Gasteiger partial charge >= 0.3 is 0 Å². The van der Waals surface area contributed by atoms with E-state index in [4.69, 9.17) is 16.3 Å². The second kappa shape index (κ2) is 5.37. The molecule has 0 unspecified atom stereocenters. The van der Waals surface area contributed by atoms with Crippen molar-refractivity contribution in [1.29, 1.82) is 0 Å². The third-order valence-corrected chi connectivity index (χ3v) is 3.03. The van der Waals surface area contributed by atoms with E-state index in [1.807, 2.05) is 0 Å². The number of hydrogen-bond donors (Lipinski definition) is 2. The molecule has 1 saturated carbocycles. The zero-order chi connectivity index (χ0) is 11.4. The predicted molar refractivity (Wildman–Crippen MR) is 62.2 cm³/mol. The summed E-state index contributed by atoms with van der Waals surface area (Å²) in [7, 11) is 0. The summed E-state index contributed by atoms with van der Waals surface area (Å²) in [5, 5.41) is 0.552. The number of hydrazine groups is 1.